The second-order valence-corrected chi connectivity index (χ2v) is 16.3. The molecular formula is C41H51FN8O6S. The average Bonchev–Trinajstić information content (AvgIpc) is 4.04. The largest absolute Gasteiger partial charge is 0.453 e. The first-order valence-electron chi connectivity index (χ1n) is 19.2. The van der Waals surface area contributed by atoms with E-state index in [9.17, 15) is 19.2 Å². The van der Waals surface area contributed by atoms with E-state index in [4.69, 9.17) is 14.5 Å². The van der Waals surface area contributed by atoms with Crippen molar-refractivity contribution in [1.29, 1.82) is 0 Å². The van der Waals surface area contributed by atoms with E-state index in [1.807, 2.05) is 87.4 Å². The summed E-state index contributed by atoms with van der Waals surface area (Å²) in [6, 6.07) is 13.2. The summed E-state index contributed by atoms with van der Waals surface area (Å²) in [6.45, 7) is 8.48. The van der Waals surface area contributed by atoms with Crippen molar-refractivity contribution >= 4 is 35.8 Å². The smallest absolute Gasteiger partial charge is 0.407 e. The molecule has 0 unspecified atom stereocenters. The number of thioether (sulfide) groups is 1. The monoisotopic (exact) mass is 802 g/mol. The molecule has 16 heteroatoms. The van der Waals surface area contributed by atoms with E-state index in [0.717, 1.165) is 35.2 Å². The van der Waals surface area contributed by atoms with Crippen molar-refractivity contribution in [1.82, 2.24) is 40.4 Å². The highest BCUT2D eigenvalue weighted by molar-refractivity contribution is 7.99. The van der Waals surface area contributed by atoms with Gasteiger partial charge in [0, 0.05) is 23.9 Å². The fourth-order valence-electron chi connectivity index (χ4n) is 7.58. The number of hydrogen-bond donors (Lipinski definition) is 4. The number of amides is 4. The van der Waals surface area contributed by atoms with E-state index >= 15 is 4.39 Å². The third kappa shape index (κ3) is 8.95. The van der Waals surface area contributed by atoms with Crippen molar-refractivity contribution in [2.45, 2.75) is 76.4 Å². The van der Waals surface area contributed by atoms with Crippen LogP contribution in [0.1, 0.15) is 70.7 Å². The fourth-order valence-corrected chi connectivity index (χ4v) is 8.26. The number of aromatic amines is 2. The second-order valence-electron chi connectivity index (χ2n) is 15.1. The van der Waals surface area contributed by atoms with Crippen LogP contribution < -0.4 is 10.6 Å². The third-order valence-corrected chi connectivity index (χ3v) is 11.8. The van der Waals surface area contributed by atoms with Crippen LogP contribution in [-0.4, -0.2) is 105 Å². The van der Waals surface area contributed by atoms with Gasteiger partial charge >= 0.3 is 12.2 Å². The van der Waals surface area contributed by atoms with Crippen LogP contribution in [-0.2, 0) is 19.1 Å². The van der Waals surface area contributed by atoms with Crippen LogP contribution in [0.5, 0.6) is 0 Å². The first-order chi connectivity index (χ1) is 27.3. The third-order valence-electron chi connectivity index (χ3n) is 10.8. The Kier molecular flexibility index (Phi) is 12.9. The van der Waals surface area contributed by atoms with Gasteiger partial charge < -0.3 is 39.9 Å². The quantitative estimate of drug-likeness (QED) is 0.122. The molecule has 14 nitrogen and oxygen atoms in total. The van der Waals surface area contributed by atoms with Crippen molar-refractivity contribution in [3.05, 3.63) is 72.3 Å². The summed E-state index contributed by atoms with van der Waals surface area (Å²) in [6.07, 6.45) is 4.55. The van der Waals surface area contributed by atoms with Crippen LogP contribution in [0.2, 0.25) is 0 Å². The molecular weight excluding hydrogens is 752 g/mol. The van der Waals surface area contributed by atoms with Crippen LogP contribution in [0.15, 0.2) is 54.7 Å². The number of aromatic nitrogens is 4. The normalized spacial score (nSPS) is 19.2. The predicted octanol–water partition coefficient (Wildman–Crippen LogP) is 6.70. The number of alkyl carbamates (subject to hydrolysis) is 2. The van der Waals surface area contributed by atoms with Gasteiger partial charge in [-0.05, 0) is 54.0 Å². The Labute approximate surface area is 336 Å². The molecule has 304 valence electrons. The molecule has 4 aromatic rings. The van der Waals surface area contributed by atoms with E-state index in [1.54, 1.807) is 22.9 Å². The predicted molar refractivity (Wildman–Crippen MR) is 215 cm³/mol. The molecule has 2 fully saturated rings. The molecule has 2 aliphatic heterocycles. The Bertz CT molecular complexity index is 2050. The molecule has 4 amide bonds. The van der Waals surface area contributed by atoms with Crippen LogP contribution >= 0.6 is 11.8 Å². The van der Waals surface area contributed by atoms with E-state index in [0.29, 0.717) is 36.7 Å². The number of ether oxygens (including phenoxy) is 2. The molecule has 0 radical (unpaired) electrons. The van der Waals surface area contributed by atoms with Crippen LogP contribution in [0.3, 0.4) is 0 Å². The second kappa shape index (κ2) is 17.8. The molecule has 0 spiro atoms. The number of likely N-dealkylation sites (tertiary alicyclic amines) is 2. The number of carbonyl (C=O) groups excluding carboxylic acids is 4. The van der Waals surface area contributed by atoms with Crippen molar-refractivity contribution in [2.24, 2.45) is 11.8 Å². The van der Waals surface area contributed by atoms with Crippen molar-refractivity contribution < 1.29 is 33.0 Å². The summed E-state index contributed by atoms with van der Waals surface area (Å²) in [5.74, 6) is -0.283. The topological polar surface area (TPSA) is 175 Å². The molecule has 4 N–H and O–H groups in total. The Morgan fingerprint density at radius 1 is 0.789 bits per heavy atom. The van der Waals surface area contributed by atoms with Gasteiger partial charge in [-0.15, -0.1) is 0 Å². The van der Waals surface area contributed by atoms with Gasteiger partial charge in [-0.2, -0.15) is 16.2 Å². The zero-order valence-corrected chi connectivity index (χ0v) is 34.1. The fraction of sp³-hybridized carbons (Fsp3) is 0.463. The van der Waals surface area contributed by atoms with Gasteiger partial charge in [-0.3, -0.25) is 9.59 Å². The van der Waals surface area contributed by atoms with Crippen molar-refractivity contribution in [3.63, 3.8) is 0 Å². The number of hydrogen-bond acceptors (Lipinski definition) is 9. The maximum absolute atomic E-state index is 15.4. The highest BCUT2D eigenvalue weighted by Crippen LogP contribution is 2.38. The van der Waals surface area contributed by atoms with Gasteiger partial charge in [-0.1, -0.05) is 76.2 Å². The summed E-state index contributed by atoms with van der Waals surface area (Å²) in [4.78, 5) is 70.3. The lowest BCUT2D eigenvalue weighted by Crippen LogP contribution is -2.51. The molecule has 0 bridgehead atoms. The minimum absolute atomic E-state index is 0.138. The Morgan fingerprint density at radius 2 is 1.33 bits per heavy atom. The number of methoxy groups -OCH3 is 2. The number of carbonyl (C=O) groups is 4. The van der Waals surface area contributed by atoms with E-state index in [-0.39, 0.29) is 40.6 Å². The summed E-state index contributed by atoms with van der Waals surface area (Å²) < 4.78 is 24.9. The molecule has 2 aromatic carbocycles. The number of imidazole rings is 2. The minimum Gasteiger partial charge on any atom is -0.453 e. The first-order valence-corrected chi connectivity index (χ1v) is 20.5. The van der Waals surface area contributed by atoms with E-state index in [2.05, 4.69) is 25.6 Å². The number of H-pyrrole nitrogens is 2. The molecule has 0 saturated carbocycles. The maximum atomic E-state index is 15.4. The van der Waals surface area contributed by atoms with Crippen LogP contribution in [0.4, 0.5) is 14.0 Å². The highest BCUT2D eigenvalue weighted by Gasteiger charge is 2.42. The molecule has 6 rings (SSSR count). The molecule has 0 aliphatic carbocycles. The lowest BCUT2D eigenvalue weighted by Gasteiger charge is -2.30. The molecule has 2 aliphatic rings. The number of nitrogens with zero attached hydrogens (tertiary/aromatic N) is 4. The Balaban J connectivity index is 1.14. The number of rotatable bonds is 12. The summed E-state index contributed by atoms with van der Waals surface area (Å²) in [5.41, 5.74) is 4.38. The van der Waals surface area contributed by atoms with Crippen LogP contribution in [0.25, 0.3) is 33.6 Å². The molecule has 2 saturated heterocycles. The summed E-state index contributed by atoms with van der Waals surface area (Å²) in [5, 5.41) is 5.56. The first kappa shape index (κ1) is 41.3. The molecule has 5 atom stereocenters. The van der Waals surface area contributed by atoms with Gasteiger partial charge in [0.2, 0.25) is 17.8 Å². The number of halogens is 1. The standard InChI is InChI=1S/C41H51FN8O6S/c1-22(2)32(46-40(53)55-5)38(51)49-18-8-9-30(49)37-45-34(35(42)48-37)27-16-12-25(13-17-27)24-10-14-26(15-11-24)29-20-43-36(44-29)31-19-28(57-7)21-50(31)39(52)33(23(3)4)47-41(54)56-6/h10-17,20,22-23,28,30-33H,8-9,18-19,21H2,1-7H3,(H,43,44)(H,45,48)(H,46,53)(H,47,54)/t28-,30-,31-,32-,33-/m0/s1. The van der Waals surface area contributed by atoms with Gasteiger partial charge in [0.05, 0.1) is 38.2 Å². The maximum Gasteiger partial charge on any atom is 0.407 e. The van der Waals surface area contributed by atoms with Crippen molar-refractivity contribution in [3.8, 4) is 33.6 Å². The van der Waals surface area contributed by atoms with E-state index in [1.165, 1.54) is 14.2 Å². The SMILES string of the molecule is COC(=O)N[C@H](C(=O)N1C[C@@H](SC)C[C@H]1c1ncc(-c2ccc(-c3ccc(-c4nc([C@@H]5CCCN5C(=O)[C@@H](NC(=O)OC)C(C)C)[nH]c4F)cc3)cc2)[nH]1)C(C)C. The minimum atomic E-state index is -0.786. The van der Waals surface area contributed by atoms with Gasteiger partial charge in [0.15, 0.2) is 0 Å². The lowest BCUT2D eigenvalue weighted by atomic mass is 10.0. The van der Waals surface area contributed by atoms with Gasteiger partial charge in [-0.25, -0.2) is 19.6 Å². The van der Waals surface area contributed by atoms with Crippen LogP contribution in [0, 0.1) is 17.8 Å². The summed E-state index contributed by atoms with van der Waals surface area (Å²) in [7, 11) is 2.53. The van der Waals surface area contributed by atoms with E-state index < -0.39 is 36.3 Å². The summed E-state index contributed by atoms with van der Waals surface area (Å²) >= 11 is 1.71. The molecule has 57 heavy (non-hydrogen) atoms. The van der Waals surface area contributed by atoms with Gasteiger partial charge in [0.1, 0.15) is 29.4 Å². The number of nitrogens with one attached hydrogen (secondary N) is 4. The van der Waals surface area contributed by atoms with Crippen molar-refractivity contribution in [2.75, 3.05) is 33.6 Å². The zero-order chi connectivity index (χ0) is 41.0. The Hall–Kier alpha value is -5.38. The number of benzene rings is 2. The highest BCUT2D eigenvalue weighted by atomic mass is 32.2. The van der Waals surface area contributed by atoms with Gasteiger partial charge in [0.25, 0.3) is 0 Å². The average molecular weight is 803 g/mol. The molecule has 2 aromatic heterocycles. The zero-order valence-electron chi connectivity index (χ0n) is 33.3. The Morgan fingerprint density at radius 3 is 1.88 bits per heavy atom. The molecule has 4 heterocycles. The lowest BCUT2D eigenvalue weighted by molar-refractivity contribution is -0.136.